The minimum Gasteiger partial charge on any atom is -0.357 e. The smallest absolute Gasteiger partial charge is 0.0973 e. The summed E-state index contributed by atoms with van der Waals surface area (Å²) in [4.78, 5) is 0. The van der Waals surface area contributed by atoms with Gasteiger partial charge < -0.3 is 5.32 Å². The molecule has 0 spiro atoms. The van der Waals surface area contributed by atoms with E-state index in [2.05, 4.69) is 36.5 Å². The molecule has 0 radical (unpaired) electrons. The number of dihydropyridines is 1. The molecule has 1 aliphatic heterocycles. The highest BCUT2D eigenvalue weighted by Gasteiger charge is 2.19. The van der Waals surface area contributed by atoms with Gasteiger partial charge in [0.1, 0.15) is 0 Å². The van der Waals surface area contributed by atoms with Crippen LogP contribution in [0.25, 0.3) is 5.70 Å². The number of hydrogen-bond donors (Lipinski definition) is 1. The topological polar surface area (TPSA) is 59.6 Å². The summed E-state index contributed by atoms with van der Waals surface area (Å²) in [6, 6.07) is 12.5. The summed E-state index contributed by atoms with van der Waals surface area (Å²) >= 11 is 0. The predicted molar refractivity (Wildman–Crippen MR) is 74.4 cm³/mol. The molecule has 0 amide bonds. The average Bonchev–Trinajstić information content (AvgIpc) is 2.47. The summed E-state index contributed by atoms with van der Waals surface area (Å²) in [6.45, 7) is 3.97. The third-order valence-corrected chi connectivity index (χ3v) is 3.31. The minimum atomic E-state index is 0.414. The first-order valence-corrected chi connectivity index (χ1v) is 6.29. The first-order valence-electron chi connectivity index (χ1n) is 6.29. The third kappa shape index (κ3) is 2.51. The largest absolute Gasteiger partial charge is 0.357 e. The van der Waals surface area contributed by atoms with Gasteiger partial charge in [-0.15, -0.1) is 0 Å². The fourth-order valence-electron chi connectivity index (χ4n) is 2.15. The zero-order chi connectivity index (χ0) is 13.8. The molecule has 0 atom stereocenters. The maximum atomic E-state index is 9.27. The number of hydrogen-bond acceptors (Lipinski definition) is 3. The van der Waals surface area contributed by atoms with Gasteiger partial charge in [-0.25, -0.2) is 0 Å². The van der Waals surface area contributed by atoms with Crippen molar-refractivity contribution in [3.8, 4) is 12.1 Å². The molecule has 1 N–H and O–H groups in total. The molecule has 0 fully saturated rings. The van der Waals surface area contributed by atoms with Crippen molar-refractivity contribution in [1.82, 2.24) is 5.32 Å². The number of aryl methyl sites for hydroxylation is 1. The highest BCUT2D eigenvalue weighted by molar-refractivity contribution is 5.74. The third-order valence-electron chi connectivity index (χ3n) is 3.31. The Balaban J connectivity index is 2.46. The van der Waals surface area contributed by atoms with Crippen molar-refractivity contribution in [3.63, 3.8) is 0 Å². The van der Waals surface area contributed by atoms with Gasteiger partial charge in [-0.05, 0) is 30.5 Å². The minimum absolute atomic E-state index is 0.414. The van der Waals surface area contributed by atoms with E-state index in [9.17, 15) is 5.26 Å². The summed E-state index contributed by atoms with van der Waals surface area (Å²) in [5.41, 5.74) is 5.15. The lowest BCUT2D eigenvalue weighted by atomic mass is 9.95. The van der Waals surface area contributed by atoms with Gasteiger partial charge >= 0.3 is 0 Å². The Morgan fingerprint density at radius 2 is 1.95 bits per heavy atom. The van der Waals surface area contributed by atoms with Crippen LogP contribution in [0.3, 0.4) is 0 Å². The van der Waals surface area contributed by atoms with Crippen molar-refractivity contribution < 1.29 is 0 Å². The molecule has 0 unspecified atom stereocenters. The molecular formula is C16H15N3. The Bertz CT molecular complexity index is 651. The predicted octanol–water partition coefficient (Wildman–Crippen LogP) is 3.27. The monoisotopic (exact) mass is 249 g/mol. The van der Waals surface area contributed by atoms with Crippen LogP contribution in [0.5, 0.6) is 0 Å². The second-order valence-corrected chi connectivity index (χ2v) is 4.54. The van der Waals surface area contributed by atoms with E-state index in [1.165, 1.54) is 5.56 Å². The van der Waals surface area contributed by atoms with Gasteiger partial charge in [0.2, 0.25) is 0 Å². The molecule has 1 heterocycles. The quantitative estimate of drug-likeness (QED) is 0.875. The van der Waals surface area contributed by atoms with Gasteiger partial charge in [-0.2, -0.15) is 10.5 Å². The van der Waals surface area contributed by atoms with Crippen molar-refractivity contribution in [2.24, 2.45) is 0 Å². The van der Waals surface area contributed by atoms with Crippen molar-refractivity contribution >= 4 is 5.70 Å². The first kappa shape index (κ1) is 12.9. The van der Waals surface area contributed by atoms with Gasteiger partial charge in [0, 0.05) is 12.1 Å². The zero-order valence-corrected chi connectivity index (χ0v) is 11.1. The fourth-order valence-corrected chi connectivity index (χ4v) is 2.15. The molecule has 0 aromatic heterocycles. The van der Waals surface area contributed by atoms with Crippen LogP contribution in [-0.2, 0) is 6.42 Å². The van der Waals surface area contributed by atoms with Crippen molar-refractivity contribution in [2.45, 2.75) is 26.7 Å². The normalized spacial score (nSPS) is 14.7. The zero-order valence-electron chi connectivity index (χ0n) is 11.1. The second kappa shape index (κ2) is 5.42. The molecule has 1 aromatic carbocycles. The molecule has 19 heavy (non-hydrogen) atoms. The lowest BCUT2D eigenvalue weighted by molar-refractivity contribution is 0.967. The van der Waals surface area contributed by atoms with E-state index >= 15 is 0 Å². The van der Waals surface area contributed by atoms with E-state index in [0.717, 1.165) is 23.4 Å². The highest BCUT2D eigenvalue weighted by Crippen LogP contribution is 2.28. The van der Waals surface area contributed by atoms with Crippen molar-refractivity contribution in [3.05, 3.63) is 52.2 Å². The van der Waals surface area contributed by atoms with Crippen LogP contribution in [0.4, 0.5) is 0 Å². The van der Waals surface area contributed by atoms with Crippen LogP contribution in [-0.4, -0.2) is 0 Å². The Hall–Kier alpha value is -2.52. The van der Waals surface area contributed by atoms with E-state index < -0.39 is 0 Å². The summed E-state index contributed by atoms with van der Waals surface area (Å²) in [5, 5.41) is 21.5. The van der Waals surface area contributed by atoms with Crippen LogP contribution >= 0.6 is 0 Å². The van der Waals surface area contributed by atoms with Crippen LogP contribution in [0.1, 0.15) is 31.4 Å². The summed E-state index contributed by atoms with van der Waals surface area (Å²) in [5.74, 6) is 0. The second-order valence-electron chi connectivity index (χ2n) is 4.54. The van der Waals surface area contributed by atoms with E-state index in [-0.39, 0.29) is 0 Å². The molecule has 3 nitrogen and oxygen atoms in total. The van der Waals surface area contributed by atoms with E-state index in [0.29, 0.717) is 17.6 Å². The molecule has 3 heteroatoms. The Morgan fingerprint density at radius 3 is 2.58 bits per heavy atom. The molecule has 0 aliphatic carbocycles. The molecule has 2 rings (SSSR count). The van der Waals surface area contributed by atoms with Gasteiger partial charge in [-0.3, -0.25) is 0 Å². The van der Waals surface area contributed by atoms with Gasteiger partial charge in [0.25, 0.3) is 0 Å². The van der Waals surface area contributed by atoms with Crippen LogP contribution in [0.15, 0.2) is 41.1 Å². The molecule has 1 aliphatic rings. The lowest BCUT2D eigenvalue weighted by Crippen LogP contribution is -2.18. The SMILES string of the molecule is CCc1cccc(C2=C(C#N)CC(C#N)=C(C)N2)c1. The van der Waals surface area contributed by atoms with Crippen LogP contribution < -0.4 is 5.32 Å². The van der Waals surface area contributed by atoms with E-state index in [4.69, 9.17) is 5.26 Å². The van der Waals surface area contributed by atoms with E-state index in [1.807, 2.05) is 19.1 Å². The van der Waals surface area contributed by atoms with Gasteiger partial charge in [0.15, 0.2) is 0 Å². The standard InChI is InChI=1S/C16H15N3/c1-3-12-5-4-6-13(7-12)16-15(10-18)8-14(9-17)11(2)19-16/h4-7,19H,3,8H2,1-2H3. The molecule has 0 saturated heterocycles. The number of nitriles is 2. The van der Waals surface area contributed by atoms with Gasteiger partial charge in [-0.1, -0.05) is 25.1 Å². The number of nitrogens with one attached hydrogen (secondary N) is 1. The molecule has 94 valence electrons. The highest BCUT2D eigenvalue weighted by atomic mass is 14.9. The summed E-state index contributed by atoms with van der Waals surface area (Å²) in [6.07, 6.45) is 1.37. The Kier molecular flexibility index (Phi) is 3.68. The number of allylic oxidation sites excluding steroid dienone is 3. The maximum Gasteiger partial charge on any atom is 0.0973 e. The van der Waals surface area contributed by atoms with Crippen LogP contribution in [0.2, 0.25) is 0 Å². The van der Waals surface area contributed by atoms with Crippen molar-refractivity contribution in [2.75, 3.05) is 0 Å². The summed E-state index contributed by atoms with van der Waals surface area (Å²) < 4.78 is 0. The summed E-state index contributed by atoms with van der Waals surface area (Å²) in [7, 11) is 0. The van der Waals surface area contributed by atoms with Crippen LogP contribution in [0, 0.1) is 22.7 Å². The first-order chi connectivity index (χ1) is 9.19. The average molecular weight is 249 g/mol. The lowest BCUT2D eigenvalue weighted by Gasteiger charge is -2.20. The fraction of sp³-hybridized carbons (Fsp3) is 0.250. The maximum absolute atomic E-state index is 9.27. The van der Waals surface area contributed by atoms with Gasteiger partial charge in [0.05, 0.1) is 29.0 Å². The van der Waals surface area contributed by atoms with E-state index in [1.54, 1.807) is 0 Å². The molecule has 0 bridgehead atoms. The number of nitrogens with zero attached hydrogens (tertiary/aromatic N) is 2. The Labute approximate surface area is 113 Å². The number of benzene rings is 1. The number of rotatable bonds is 2. The molecule has 1 aromatic rings. The molecular weight excluding hydrogens is 234 g/mol. The molecule has 0 saturated carbocycles. The Morgan fingerprint density at radius 1 is 1.21 bits per heavy atom. The van der Waals surface area contributed by atoms with Crippen molar-refractivity contribution in [1.29, 1.82) is 10.5 Å².